The van der Waals surface area contributed by atoms with Crippen molar-refractivity contribution in [2.75, 3.05) is 0 Å². The van der Waals surface area contributed by atoms with Gasteiger partial charge in [0.05, 0.1) is 12.0 Å². The summed E-state index contributed by atoms with van der Waals surface area (Å²) in [7, 11) is -1.44. The Balaban J connectivity index is 2.89. The maximum absolute atomic E-state index is 8.80. The van der Waals surface area contributed by atoms with E-state index in [0.29, 0.717) is 5.46 Å². The first-order chi connectivity index (χ1) is 6.15. The molecule has 0 aliphatic heterocycles. The second-order valence-electron chi connectivity index (χ2n) is 2.89. The zero-order valence-electron chi connectivity index (χ0n) is 7.31. The van der Waals surface area contributed by atoms with Gasteiger partial charge in [-0.2, -0.15) is 5.26 Å². The highest BCUT2D eigenvalue weighted by atomic mass is 16.4. The lowest BCUT2D eigenvalue weighted by molar-refractivity contribution is 0.426. The molecule has 2 N–H and O–H groups in total. The van der Waals surface area contributed by atoms with Crippen molar-refractivity contribution in [3.05, 3.63) is 29.8 Å². The number of hydrogen-bond donors (Lipinski definition) is 2. The van der Waals surface area contributed by atoms with Crippen LogP contribution in [0.25, 0.3) is 0 Å². The molecule has 13 heavy (non-hydrogen) atoms. The third kappa shape index (κ3) is 2.31. The van der Waals surface area contributed by atoms with Crippen LogP contribution in [0.4, 0.5) is 0 Å². The fourth-order valence-electron chi connectivity index (χ4n) is 1.03. The van der Waals surface area contributed by atoms with E-state index in [4.69, 9.17) is 15.3 Å². The molecule has 1 aromatic carbocycles. The maximum atomic E-state index is 8.80. The zero-order valence-corrected chi connectivity index (χ0v) is 7.31. The predicted molar refractivity (Wildman–Crippen MR) is 50.3 cm³/mol. The minimum Gasteiger partial charge on any atom is -0.423 e. The molecule has 0 radical (unpaired) electrons. The second-order valence-corrected chi connectivity index (χ2v) is 2.89. The van der Waals surface area contributed by atoms with Gasteiger partial charge < -0.3 is 10.0 Å². The highest BCUT2D eigenvalue weighted by Crippen LogP contribution is 2.11. The van der Waals surface area contributed by atoms with E-state index in [0.717, 1.165) is 5.56 Å². The SMILES string of the molecule is C[C@H](C#N)c1ccc(B(O)O)cc1. The zero-order chi connectivity index (χ0) is 9.84. The molecule has 4 heteroatoms. The van der Waals surface area contributed by atoms with Gasteiger partial charge in [0, 0.05) is 0 Å². The van der Waals surface area contributed by atoms with Crippen LogP contribution >= 0.6 is 0 Å². The Hall–Kier alpha value is -1.31. The largest absolute Gasteiger partial charge is 0.488 e. The van der Waals surface area contributed by atoms with Gasteiger partial charge >= 0.3 is 7.12 Å². The number of benzene rings is 1. The first-order valence-electron chi connectivity index (χ1n) is 4.00. The molecule has 0 unspecified atom stereocenters. The molecule has 1 atom stereocenters. The number of rotatable bonds is 2. The van der Waals surface area contributed by atoms with Crippen molar-refractivity contribution in [3.8, 4) is 6.07 Å². The number of hydrogen-bond acceptors (Lipinski definition) is 3. The van der Waals surface area contributed by atoms with Gasteiger partial charge in [0.2, 0.25) is 0 Å². The minimum absolute atomic E-state index is 0.162. The molecule has 0 bridgehead atoms. The van der Waals surface area contributed by atoms with Crippen molar-refractivity contribution in [2.45, 2.75) is 12.8 Å². The molecule has 0 fully saturated rings. The summed E-state index contributed by atoms with van der Waals surface area (Å²) in [6.45, 7) is 1.80. The predicted octanol–water partition coefficient (Wildman–Crippen LogP) is -0.00652. The van der Waals surface area contributed by atoms with E-state index in [9.17, 15) is 0 Å². The van der Waals surface area contributed by atoms with E-state index < -0.39 is 7.12 Å². The highest BCUT2D eigenvalue weighted by Gasteiger charge is 2.10. The number of nitriles is 1. The lowest BCUT2D eigenvalue weighted by Gasteiger charge is -2.03. The molecule has 0 aromatic heterocycles. The summed E-state index contributed by atoms with van der Waals surface area (Å²) in [5, 5.41) is 26.2. The molecule has 0 heterocycles. The van der Waals surface area contributed by atoms with Gasteiger partial charge in [-0.15, -0.1) is 0 Å². The average molecular weight is 175 g/mol. The summed E-state index contributed by atoms with van der Waals surface area (Å²) >= 11 is 0. The van der Waals surface area contributed by atoms with Gasteiger partial charge in [0.1, 0.15) is 0 Å². The Morgan fingerprint density at radius 3 is 2.23 bits per heavy atom. The topological polar surface area (TPSA) is 64.2 Å². The molecule has 0 aliphatic rings. The van der Waals surface area contributed by atoms with Crippen molar-refractivity contribution < 1.29 is 10.0 Å². The molecule has 1 aromatic rings. The van der Waals surface area contributed by atoms with Crippen molar-refractivity contribution in [1.82, 2.24) is 0 Å². The average Bonchev–Trinajstić information content (AvgIpc) is 2.17. The van der Waals surface area contributed by atoms with Crippen LogP contribution in [-0.4, -0.2) is 17.2 Å². The molecular weight excluding hydrogens is 165 g/mol. The smallest absolute Gasteiger partial charge is 0.423 e. The van der Waals surface area contributed by atoms with E-state index >= 15 is 0 Å². The van der Waals surface area contributed by atoms with Gasteiger partial charge in [-0.3, -0.25) is 0 Å². The second kappa shape index (κ2) is 4.08. The molecule has 0 saturated carbocycles. The summed E-state index contributed by atoms with van der Waals surface area (Å²) in [5.41, 5.74) is 1.32. The number of nitrogens with zero attached hydrogens (tertiary/aromatic N) is 1. The Morgan fingerprint density at radius 1 is 1.31 bits per heavy atom. The van der Waals surface area contributed by atoms with Crippen LogP contribution in [0.5, 0.6) is 0 Å². The normalized spacial score (nSPS) is 11.8. The van der Waals surface area contributed by atoms with Gasteiger partial charge in [0.25, 0.3) is 0 Å². The van der Waals surface area contributed by atoms with E-state index in [1.807, 2.05) is 0 Å². The summed E-state index contributed by atoms with van der Waals surface area (Å²) in [5.74, 6) is -0.162. The van der Waals surface area contributed by atoms with Crippen LogP contribution in [0, 0.1) is 11.3 Å². The van der Waals surface area contributed by atoms with Crippen LogP contribution in [0.1, 0.15) is 18.4 Å². The monoisotopic (exact) mass is 175 g/mol. The van der Waals surface area contributed by atoms with E-state index in [-0.39, 0.29) is 5.92 Å². The Bertz CT molecular complexity index is 315. The Labute approximate surface area is 77.4 Å². The van der Waals surface area contributed by atoms with Crippen LogP contribution < -0.4 is 5.46 Å². The van der Waals surface area contributed by atoms with Crippen LogP contribution in [0.2, 0.25) is 0 Å². The van der Waals surface area contributed by atoms with Gasteiger partial charge in [-0.25, -0.2) is 0 Å². The minimum atomic E-state index is -1.44. The van der Waals surface area contributed by atoms with Gasteiger partial charge in [0.15, 0.2) is 0 Å². The lowest BCUT2D eigenvalue weighted by Crippen LogP contribution is -2.29. The van der Waals surface area contributed by atoms with Crippen LogP contribution in [0.3, 0.4) is 0 Å². The Morgan fingerprint density at radius 2 is 1.85 bits per heavy atom. The lowest BCUT2D eigenvalue weighted by atomic mass is 9.79. The van der Waals surface area contributed by atoms with E-state index in [1.165, 1.54) is 0 Å². The quantitative estimate of drug-likeness (QED) is 0.621. The first-order valence-corrected chi connectivity index (χ1v) is 4.00. The van der Waals surface area contributed by atoms with Crippen LogP contribution in [0.15, 0.2) is 24.3 Å². The molecule has 3 nitrogen and oxygen atoms in total. The fraction of sp³-hybridized carbons (Fsp3) is 0.222. The molecular formula is C9H10BNO2. The first kappa shape index (κ1) is 9.78. The molecule has 0 amide bonds. The standard InChI is InChI=1S/C9H10BNO2/c1-7(6-11)8-2-4-9(5-3-8)10(12)13/h2-5,7,12-13H,1H3/t7-/m1/s1. The third-order valence-electron chi connectivity index (χ3n) is 1.93. The molecule has 0 aliphatic carbocycles. The van der Waals surface area contributed by atoms with Crippen molar-refractivity contribution >= 4 is 12.6 Å². The van der Waals surface area contributed by atoms with E-state index in [1.54, 1.807) is 31.2 Å². The fourth-order valence-corrected chi connectivity index (χ4v) is 1.03. The molecule has 0 spiro atoms. The summed E-state index contributed by atoms with van der Waals surface area (Å²) in [6.07, 6.45) is 0. The summed E-state index contributed by atoms with van der Waals surface area (Å²) in [4.78, 5) is 0. The van der Waals surface area contributed by atoms with Crippen molar-refractivity contribution in [1.29, 1.82) is 5.26 Å². The van der Waals surface area contributed by atoms with Gasteiger partial charge in [-0.1, -0.05) is 24.3 Å². The highest BCUT2D eigenvalue weighted by molar-refractivity contribution is 6.58. The summed E-state index contributed by atoms with van der Waals surface area (Å²) in [6, 6.07) is 8.76. The molecule has 1 rings (SSSR count). The van der Waals surface area contributed by atoms with E-state index in [2.05, 4.69) is 6.07 Å². The third-order valence-corrected chi connectivity index (χ3v) is 1.93. The van der Waals surface area contributed by atoms with Gasteiger partial charge in [-0.05, 0) is 17.9 Å². The molecule has 66 valence electrons. The van der Waals surface area contributed by atoms with Crippen LogP contribution in [-0.2, 0) is 0 Å². The maximum Gasteiger partial charge on any atom is 0.488 e. The summed E-state index contributed by atoms with van der Waals surface area (Å²) < 4.78 is 0. The Kier molecular flexibility index (Phi) is 3.07. The molecule has 0 saturated heterocycles. The van der Waals surface area contributed by atoms with Crippen molar-refractivity contribution in [2.24, 2.45) is 0 Å². The van der Waals surface area contributed by atoms with Crippen molar-refractivity contribution in [3.63, 3.8) is 0 Å².